The van der Waals surface area contributed by atoms with Gasteiger partial charge < -0.3 is 14.7 Å². The number of aliphatic hydroxyl groups excluding tert-OH is 1. The Hall–Kier alpha value is -1.81. The minimum atomic E-state index is -0.369. The molecule has 4 heteroatoms. The first-order valence-electron chi connectivity index (χ1n) is 5.35. The molecule has 0 amide bonds. The lowest BCUT2D eigenvalue weighted by Crippen LogP contribution is -2.20. The van der Waals surface area contributed by atoms with Crippen molar-refractivity contribution in [2.24, 2.45) is 0 Å². The third kappa shape index (κ3) is 4.28. The molecule has 0 saturated heterocycles. The molecule has 0 spiro atoms. The molecule has 0 bridgehead atoms. The van der Waals surface area contributed by atoms with E-state index in [1.54, 1.807) is 6.08 Å². The van der Waals surface area contributed by atoms with E-state index in [0.717, 1.165) is 11.3 Å². The van der Waals surface area contributed by atoms with Crippen molar-refractivity contribution in [1.29, 1.82) is 0 Å². The Morgan fingerprint density at radius 1 is 1.41 bits per heavy atom. The average Bonchev–Trinajstić information content (AvgIpc) is 2.36. The van der Waals surface area contributed by atoms with Crippen molar-refractivity contribution in [1.82, 2.24) is 0 Å². The fraction of sp³-hybridized carbons (Fsp3) is 0.308. The molecule has 1 aromatic rings. The summed E-state index contributed by atoms with van der Waals surface area (Å²) < 4.78 is 4.50. The van der Waals surface area contributed by atoms with Gasteiger partial charge in [0.25, 0.3) is 0 Å². The van der Waals surface area contributed by atoms with Crippen LogP contribution in [0.1, 0.15) is 5.56 Å². The van der Waals surface area contributed by atoms with Crippen LogP contribution < -0.4 is 4.90 Å². The number of hydrogen-bond donors (Lipinski definition) is 1. The number of benzene rings is 1. The van der Waals surface area contributed by atoms with Gasteiger partial charge in [0.1, 0.15) is 0 Å². The molecule has 17 heavy (non-hydrogen) atoms. The first kappa shape index (κ1) is 13.3. The lowest BCUT2D eigenvalue weighted by Gasteiger charge is -2.17. The predicted molar refractivity (Wildman–Crippen MR) is 67.8 cm³/mol. The molecule has 0 fully saturated rings. The van der Waals surface area contributed by atoms with Crippen LogP contribution in [0.2, 0.25) is 0 Å². The zero-order valence-corrected chi connectivity index (χ0v) is 10.1. The summed E-state index contributed by atoms with van der Waals surface area (Å²) >= 11 is 0. The van der Waals surface area contributed by atoms with E-state index in [1.807, 2.05) is 36.2 Å². The normalized spacial score (nSPS) is 10.5. The molecule has 1 rings (SSSR count). The van der Waals surface area contributed by atoms with Crippen molar-refractivity contribution >= 4 is 17.7 Å². The molecule has 92 valence electrons. The number of likely N-dealkylation sites (N-methyl/N-ethyl adjacent to an activating group) is 1. The molecule has 1 aromatic carbocycles. The summed E-state index contributed by atoms with van der Waals surface area (Å²) in [5, 5.41) is 8.82. The number of esters is 1. The average molecular weight is 235 g/mol. The first-order valence-corrected chi connectivity index (χ1v) is 5.35. The van der Waals surface area contributed by atoms with Crippen molar-refractivity contribution in [3.8, 4) is 0 Å². The number of anilines is 1. The van der Waals surface area contributed by atoms with E-state index in [4.69, 9.17) is 5.11 Å². The molecule has 0 aliphatic carbocycles. The van der Waals surface area contributed by atoms with Crippen LogP contribution >= 0.6 is 0 Å². The number of rotatable bonds is 5. The number of carbonyl (C=O) groups is 1. The molecular formula is C13H17NO3. The molecule has 0 unspecified atom stereocenters. The second-order valence-electron chi connectivity index (χ2n) is 3.59. The monoisotopic (exact) mass is 235 g/mol. The number of carbonyl (C=O) groups excluding carboxylic acids is 1. The maximum absolute atomic E-state index is 10.9. The zero-order chi connectivity index (χ0) is 12.7. The van der Waals surface area contributed by atoms with Gasteiger partial charge in [0.2, 0.25) is 0 Å². The van der Waals surface area contributed by atoms with Gasteiger partial charge in [0.15, 0.2) is 0 Å². The van der Waals surface area contributed by atoms with Crippen molar-refractivity contribution in [3.05, 3.63) is 35.9 Å². The van der Waals surface area contributed by atoms with E-state index in [0.29, 0.717) is 6.54 Å². The Morgan fingerprint density at radius 2 is 2.06 bits per heavy atom. The van der Waals surface area contributed by atoms with Crippen LogP contribution in [0.5, 0.6) is 0 Å². The van der Waals surface area contributed by atoms with Crippen molar-refractivity contribution in [3.63, 3.8) is 0 Å². The molecular weight excluding hydrogens is 218 g/mol. The Labute approximate surface area is 101 Å². The summed E-state index contributed by atoms with van der Waals surface area (Å²) in [6.07, 6.45) is 3.08. The smallest absolute Gasteiger partial charge is 0.330 e. The highest BCUT2D eigenvalue weighted by Crippen LogP contribution is 2.14. The summed E-state index contributed by atoms with van der Waals surface area (Å²) in [7, 11) is 3.26. The SMILES string of the molecule is COC(=O)C=Cc1ccc(N(C)CCO)cc1. The largest absolute Gasteiger partial charge is 0.466 e. The summed E-state index contributed by atoms with van der Waals surface area (Å²) in [5.74, 6) is -0.369. The molecule has 0 atom stereocenters. The molecule has 0 aromatic heterocycles. The minimum Gasteiger partial charge on any atom is -0.466 e. The number of methoxy groups -OCH3 is 1. The highest BCUT2D eigenvalue weighted by atomic mass is 16.5. The van der Waals surface area contributed by atoms with Crippen molar-refractivity contribution in [2.75, 3.05) is 32.2 Å². The van der Waals surface area contributed by atoms with E-state index >= 15 is 0 Å². The lowest BCUT2D eigenvalue weighted by molar-refractivity contribution is -0.134. The van der Waals surface area contributed by atoms with E-state index in [-0.39, 0.29) is 12.6 Å². The summed E-state index contributed by atoms with van der Waals surface area (Å²) in [6, 6.07) is 7.69. The topological polar surface area (TPSA) is 49.8 Å². The number of hydrogen-bond acceptors (Lipinski definition) is 4. The van der Waals surface area contributed by atoms with Crippen molar-refractivity contribution < 1.29 is 14.6 Å². The van der Waals surface area contributed by atoms with Gasteiger partial charge in [-0.05, 0) is 23.8 Å². The summed E-state index contributed by atoms with van der Waals surface area (Å²) in [6.45, 7) is 0.720. The molecule has 4 nitrogen and oxygen atoms in total. The Morgan fingerprint density at radius 3 is 2.59 bits per heavy atom. The third-order valence-electron chi connectivity index (χ3n) is 2.38. The molecule has 0 aliphatic heterocycles. The van der Waals surface area contributed by atoms with E-state index in [9.17, 15) is 4.79 Å². The standard InChI is InChI=1S/C13H17NO3/c1-14(9-10-15)12-6-3-11(4-7-12)5-8-13(16)17-2/h3-8,15H,9-10H2,1-2H3. The van der Waals surface area contributed by atoms with Gasteiger partial charge in [0, 0.05) is 25.4 Å². The highest BCUT2D eigenvalue weighted by molar-refractivity contribution is 5.86. The number of nitrogens with zero attached hydrogens (tertiary/aromatic N) is 1. The minimum absolute atomic E-state index is 0.125. The van der Waals surface area contributed by atoms with Gasteiger partial charge in [-0.1, -0.05) is 12.1 Å². The van der Waals surface area contributed by atoms with Crippen LogP contribution in [-0.2, 0) is 9.53 Å². The molecule has 0 aliphatic rings. The molecule has 0 saturated carbocycles. The van der Waals surface area contributed by atoms with Gasteiger partial charge in [0.05, 0.1) is 13.7 Å². The first-order chi connectivity index (χ1) is 8.17. The zero-order valence-electron chi connectivity index (χ0n) is 10.1. The van der Waals surface area contributed by atoms with E-state index < -0.39 is 0 Å². The highest BCUT2D eigenvalue weighted by Gasteiger charge is 1.99. The fourth-order valence-corrected chi connectivity index (χ4v) is 1.35. The fourth-order valence-electron chi connectivity index (χ4n) is 1.35. The van der Waals surface area contributed by atoms with Crippen LogP contribution in [-0.4, -0.2) is 38.4 Å². The van der Waals surface area contributed by atoms with Gasteiger partial charge >= 0.3 is 5.97 Å². The van der Waals surface area contributed by atoms with E-state index in [1.165, 1.54) is 13.2 Å². The van der Waals surface area contributed by atoms with Crippen LogP contribution in [0.4, 0.5) is 5.69 Å². The van der Waals surface area contributed by atoms with Gasteiger partial charge in [-0.25, -0.2) is 4.79 Å². The summed E-state index contributed by atoms with van der Waals surface area (Å²) in [5.41, 5.74) is 1.95. The van der Waals surface area contributed by atoms with Crippen LogP contribution in [0.15, 0.2) is 30.3 Å². The van der Waals surface area contributed by atoms with Crippen LogP contribution in [0.25, 0.3) is 6.08 Å². The van der Waals surface area contributed by atoms with Gasteiger partial charge in [-0.15, -0.1) is 0 Å². The van der Waals surface area contributed by atoms with Crippen LogP contribution in [0.3, 0.4) is 0 Å². The predicted octanol–water partition coefficient (Wildman–Crippen LogP) is 1.30. The van der Waals surface area contributed by atoms with Crippen molar-refractivity contribution in [2.45, 2.75) is 0 Å². The second kappa shape index (κ2) is 6.70. The molecule has 1 N–H and O–H groups in total. The second-order valence-corrected chi connectivity index (χ2v) is 3.59. The lowest BCUT2D eigenvalue weighted by atomic mass is 10.2. The van der Waals surface area contributed by atoms with Gasteiger partial charge in [-0.3, -0.25) is 0 Å². The maximum atomic E-state index is 10.9. The number of aliphatic hydroxyl groups is 1. The van der Waals surface area contributed by atoms with Crippen LogP contribution in [0, 0.1) is 0 Å². The Balaban J connectivity index is 2.68. The quantitative estimate of drug-likeness (QED) is 0.617. The van der Waals surface area contributed by atoms with E-state index in [2.05, 4.69) is 4.74 Å². The molecule has 0 radical (unpaired) electrons. The number of ether oxygens (including phenoxy) is 1. The summed E-state index contributed by atoms with van der Waals surface area (Å²) in [4.78, 5) is 12.9. The Kier molecular flexibility index (Phi) is 5.23. The van der Waals surface area contributed by atoms with Gasteiger partial charge in [-0.2, -0.15) is 0 Å². The maximum Gasteiger partial charge on any atom is 0.330 e. The Bertz CT molecular complexity index is 384. The third-order valence-corrected chi connectivity index (χ3v) is 2.38. The molecule has 0 heterocycles.